The van der Waals surface area contributed by atoms with Crippen molar-refractivity contribution in [3.63, 3.8) is 0 Å². The van der Waals surface area contributed by atoms with Crippen molar-refractivity contribution >= 4 is 33.7 Å². The molecule has 9 heteroatoms. The van der Waals surface area contributed by atoms with Gasteiger partial charge in [-0.1, -0.05) is 72.3 Å². The van der Waals surface area contributed by atoms with E-state index in [0.717, 1.165) is 5.56 Å². The van der Waals surface area contributed by atoms with Crippen LogP contribution in [0.25, 0.3) is 0 Å². The molecule has 212 valence electrons. The van der Waals surface area contributed by atoms with Gasteiger partial charge in [-0.3, -0.25) is 14.4 Å². The summed E-state index contributed by atoms with van der Waals surface area (Å²) in [6, 6.07) is 8.12. The number of benzene rings is 1. The number of carbonyl (C=O) groups excluding carboxylic acids is 3. The lowest BCUT2D eigenvalue weighted by Gasteiger charge is -2.40. The maximum absolute atomic E-state index is 14.5. The molecule has 0 saturated carbocycles. The van der Waals surface area contributed by atoms with Gasteiger partial charge >= 0.3 is 0 Å². The minimum Gasteiger partial charge on any atom is -0.394 e. The van der Waals surface area contributed by atoms with Gasteiger partial charge in [0, 0.05) is 31.5 Å². The Morgan fingerprint density at radius 1 is 1.21 bits per heavy atom. The van der Waals surface area contributed by atoms with Gasteiger partial charge in [-0.2, -0.15) is 0 Å². The van der Waals surface area contributed by atoms with Gasteiger partial charge in [-0.25, -0.2) is 0 Å². The third-order valence-electron chi connectivity index (χ3n) is 8.25. The van der Waals surface area contributed by atoms with Crippen molar-refractivity contribution in [1.82, 2.24) is 14.7 Å². The van der Waals surface area contributed by atoms with Crippen LogP contribution in [-0.4, -0.2) is 92.9 Å². The maximum Gasteiger partial charge on any atom is 0.249 e. The Balaban J connectivity index is 1.80. The van der Waals surface area contributed by atoms with Gasteiger partial charge in [0.1, 0.15) is 11.6 Å². The molecule has 3 saturated heterocycles. The van der Waals surface area contributed by atoms with E-state index in [2.05, 4.69) is 29.1 Å². The van der Waals surface area contributed by atoms with Crippen LogP contribution in [0.3, 0.4) is 0 Å². The summed E-state index contributed by atoms with van der Waals surface area (Å²) in [6.07, 6.45) is 3.72. The number of aliphatic hydroxyl groups excluding tert-OH is 1. The molecule has 4 rings (SSSR count). The Hall–Kier alpha value is -2.49. The van der Waals surface area contributed by atoms with E-state index < -0.39 is 35.6 Å². The molecule has 1 spiro atoms. The molecule has 3 aliphatic heterocycles. The van der Waals surface area contributed by atoms with Gasteiger partial charge in [0.2, 0.25) is 17.7 Å². The summed E-state index contributed by atoms with van der Waals surface area (Å²) in [5.74, 6) is -2.12. The smallest absolute Gasteiger partial charge is 0.249 e. The van der Waals surface area contributed by atoms with E-state index in [1.807, 2.05) is 44.2 Å². The maximum atomic E-state index is 14.5. The second kappa shape index (κ2) is 11.9. The highest BCUT2D eigenvalue weighted by Gasteiger charge is 2.77. The fourth-order valence-corrected chi connectivity index (χ4v) is 7.69. The van der Waals surface area contributed by atoms with Crippen molar-refractivity contribution in [2.45, 2.75) is 61.8 Å². The Labute approximate surface area is 239 Å². The summed E-state index contributed by atoms with van der Waals surface area (Å²) in [6.45, 7) is 12.3. The molecule has 3 amide bonds. The van der Waals surface area contributed by atoms with Crippen molar-refractivity contribution in [2.24, 2.45) is 17.8 Å². The summed E-state index contributed by atoms with van der Waals surface area (Å²) in [7, 11) is 1.69. The summed E-state index contributed by atoms with van der Waals surface area (Å²) in [4.78, 5) is 47.2. The highest BCUT2D eigenvalue weighted by molar-refractivity contribution is 9.09. The van der Waals surface area contributed by atoms with Gasteiger partial charge in [0.05, 0.1) is 30.6 Å². The molecule has 3 heterocycles. The molecule has 8 nitrogen and oxygen atoms in total. The van der Waals surface area contributed by atoms with Crippen molar-refractivity contribution in [2.75, 3.05) is 26.7 Å². The Kier molecular flexibility index (Phi) is 9.03. The van der Waals surface area contributed by atoms with Crippen molar-refractivity contribution < 1.29 is 24.2 Å². The van der Waals surface area contributed by atoms with Crippen molar-refractivity contribution in [1.29, 1.82) is 0 Å². The number of likely N-dealkylation sites (N-methyl/N-ethyl adjacent to an activating group) is 1. The number of carbonyl (C=O) groups is 3. The van der Waals surface area contributed by atoms with Crippen LogP contribution in [0, 0.1) is 17.8 Å². The number of fused-ring (bicyclic) bond motifs is 1. The summed E-state index contributed by atoms with van der Waals surface area (Å²) in [5, 5.41) is 10.5. The monoisotopic (exact) mass is 601 g/mol. The fourth-order valence-electron chi connectivity index (χ4n) is 6.75. The SMILES string of the molecule is C=CCN(C)C(=O)[C@H]1[C@H]2C(=O)N([C@@H](CO)CC(C)C)C(C(=O)N(CC=C)Cc3ccccc3)C23CC(Br)[C@@H]1O3. The normalized spacial score (nSPS) is 29.8. The molecule has 39 heavy (non-hydrogen) atoms. The number of alkyl halides is 1. The van der Waals surface area contributed by atoms with Gasteiger partial charge < -0.3 is 24.5 Å². The van der Waals surface area contributed by atoms with Gasteiger partial charge in [0.15, 0.2) is 0 Å². The van der Waals surface area contributed by atoms with Crippen molar-refractivity contribution in [3.8, 4) is 0 Å². The van der Waals surface area contributed by atoms with E-state index in [0.29, 0.717) is 25.9 Å². The predicted molar refractivity (Wildman–Crippen MR) is 153 cm³/mol. The molecule has 0 aliphatic carbocycles. The topological polar surface area (TPSA) is 90.4 Å². The van der Waals surface area contributed by atoms with Crippen LogP contribution in [0.4, 0.5) is 0 Å². The number of rotatable bonds is 12. The van der Waals surface area contributed by atoms with Crippen LogP contribution in [0.5, 0.6) is 0 Å². The number of nitrogens with zero attached hydrogens (tertiary/aromatic N) is 3. The first kappa shape index (κ1) is 29.5. The van der Waals surface area contributed by atoms with Crippen LogP contribution in [0.15, 0.2) is 55.6 Å². The Morgan fingerprint density at radius 2 is 1.87 bits per heavy atom. The van der Waals surface area contributed by atoms with Gasteiger partial charge in [-0.05, 0) is 24.3 Å². The number of hydrogen-bond acceptors (Lipinski definition) is 5. The average molecular weight is 603 g/mol. The molecule has 7 atom stereocenters. The highest BCUT2D eigenvalue weighted by atomic mass is 79.9. The van der Waals surface area contributed by atoms with E-state index in [9.17, 15) is 19.5 Å². The van der Waals surface area contributed by atoms with E-state index in [4.69, 9.17) is 4.74 Å². The zero-order valence-corrected chi connectivity index (χ0v) is 24.6. The molecule has 3 aliphatic rings. The molecular formula is C30H40BrN3O5. The Morgan fingerprint density at radius 3 is 2.46 bits per heavy atom. The lowest BCUT2D eigenvalue weighted by molar-refractivity contribution is -0.152. The van der Waals surface area contributed by atoms with Crippen LogP contribution in [0.2, 0.25) is 0 Å². The van der Waals surface area contributed by atoms with E-state index >= 15 is 0 Å². The first-order valence-electron chi connectivity index (χ1n) is 13.7. The second-order valence-electron chi connectivity index (χ2n) is 11.4. The van der Waals surface area contributed by atoms with Crippen LogP contribution in [-0.2, 0) is 25.7 Å². The summed E-state index contributed by atoms with van der Waals surface area (Å²) in [5.41, 5.74) is -0.226. The number of aliphatic hydroxyl groups is 1. The van der Waals surface area contributed by atoms with Gasteiger partial charge in [0.25, 0.3) is 0 Å². The number of likely N-dealkylation sites (tertiary alicyclic amines) is 1. The van der Waals surface area contributed by atoms with Crippen LogP contribution in [0.1, 0.15) is 32.3 Å². The molecule has 0 aromatic heterocycles. The number of hydrogen-bond donors (Lipinski definition) is 1. The molecule has 1 aromatic rings. The lowest BCUT2D eigenvalue weighted by Crippen LogP contribution is -2.59. The van der Waals surface area contributed by atoms with E-state index in [1.165, 1.54) is 0 Å². The van der Waals surface area contributed by atoms with Crippen LogP contribution < -0.4 is 0 Å². The molecule has 2 bridgehead atoms. The molecule has 3 fully saturated rings. The number of ether oxygens (including phenoxy) is 1. The third kappa shape index (κ3) is 5.21. The summed E-state index contributed by atoms with van der Waals surface area (Å²) >= 11 is 3.72. The van der Waals surface area contributed by atoms with Gasteiger partial charge in [-0.15, -0.1) is 13.2 Å². The quantitative estimate of drug-likeness (QED) is 0.294. The molecule has 1 N–H and O–H groups in total. The standard InChI is InChI=1S/C30H40BrN3O5/c1-6-13-32(5)27(36)23-24-28(37)34(21(18-35)15-19(3)4)26(30(24)16-22(31)25(23)39-30)29(38)33(14-7-2)17-20-11-9-8-10-12-20/h6-12,19,21-26,35H,1-2,13-18H2,3-5H3/t21-,22?,23+,24+,25+,26?,30?/m1/s1. The predicted octanol–water partition coefficient (Wildman–Crippen LogP) is 3.00. The molecule has 1 aromatic carbocycles. The summed E-state index contributed by atoms with van der Waals surface area (Å²) < 4.78 is 6.63. The molecular weight excluding hydrogens is 562 g/mol. The zero-order chi connectivity index (χ0) is 28.5. The first-order valence-corrected chi connectivity index (χ1v) is 14.6. The highest BCUT2D eigenvalue weighted by Crippen LogP contribution is 2.61. The molecule has 0 radical (unpaired) electrons. The van der Waals surface area contributed by atoms with Crippen LogP contribution >= 0.6 is 15.9 Å². The lowest BCUT2D eigenvalue weighted by atomic mass is 9.70. The van der Waals surface area contributed by atoms with E-state index in [1.54, 1.807) is 33.9 Å². The molecule has 3 unspecified atom stereocenters. The van der Waals surface area contributed by atoms with E-state index in [-0.39, 0.29) is 41.6 Å². The average Bonchev–Trinajstić information content (AvgIpc) is 3.50. The minimum absolute atomic E-state index is 0.176. The number of amides is 3. The third-order valence-corrected chi connectivity index (χ3v) is 9.10. The number of halogens is 1. The largest absolute Gasteiger partial charge is 0.394 e. The van der Waals surface area contributed by atoms with Crippen molar-refractivity contribution in [3.05, 3.63) is 61.2 Å². The fraction of sp³-hybridized carbons (Fsp3) is 0.567. The Bertz CT molecular complexity index is 1100. The zero-order valence-electron chi connectivity index (χ0n) is 23.0. The second-order valence-corrected chi connectivity index (χ2v) is 12.6. The minimum atomic E-state index is -1.18. The first-order chi connectivity index (χ1) is 18.6.